The summed E-state index contributed by atoms with van der Waals surface area (Å²) in [5.74, 6) is -1.86. The van der Waals surface area contributed by atoms with Crippen molar-refractivity contribution in [1.29, 1.82) is 0 Å². The van der Waals surface area contributed by atoms with Crippen molar-refractivity contribution in [2.45, 2.75) is 49.8 Å². The molecule has 2 aliphatic heterocycles. The molecular weight excluding hydrogens is 780 g/mol. The first kappa shape index (κ1) is 41.9. The van der Waals surface area contributed by atoms with Crippen LogP contribution in [0.3, 0.4) is 0 Å². The maximum Gasteiger partial charge on any atom is 0.264 e. The molecule has 20 heteroatoms. The molecule has 8 N–H and O–H groups in total. The lowest BCUT2D eigenvalue weighted by Gasteiger charge is -2.22. The lowest BCUT2D eigenvalue weighted by molar-refractivity contribution is -0.123. The summed E-state index contributed by atoms with van der Waals surface area (Å²) < 4.78 is 24.5. The lowest BCUT2D eigenvalue weighted by Crippen LogP contribution is -2.41. The van der Waals surface area contributed by atoms with Crippen LogP contribution in [0.5, 0.6) is 5.75 Å². The minimum Gasteiger partial charge on any atom is -0.482 e. The highest BCUT2D eigenvalue weighted by Crippen LogP contribution is 2.39. The molecule has 0 spiro atoms. The van der Waals surface area contributed by atoms with Gasteiger partial charge in [-0.05, 0) is 42.3 Å². The second-order valence-corrected chi connectivity index (χ2v) is 13.8. The topological polar surface area (TPSA) is 273 Å². The second kappa shape index (κ2) is 19.2. The summed E-state index contributed by atoms with van der Waals surface area (Å²) in [6, 6.07) is 9.99. The summed E-state index contributed by atoms with van der Waals surface area (Å²) in [6.07, 6.45) is -0.315. The predicted molar refractivity (Wildman–Crippen MR) is 207 cm³/mol. The van der Waals surface area contributed by atoms with Crippen molar-refractivity contribution in [1.82, 2.24) is 24.8 Å². The largest absolute Gasteiger partial charge is 0.482 e. The molecule has 4 amide bonds. The molecule has 0 bridgehead atoms. The van der Waals surface area contributed by atoms with Gasteiger partial charge in [-0.3, -0.25) is 24.1 Å². The predicted octanol–water partition coefficient (Wildman–Crippen LogP) is 1.12. The minimum absolute atomic E-state index is 0.0593. The number of nitrogen functional groups attached to an aromatic ring is 1. The van der Waals surface area contributed by atoms with Gasteiger partial charge in [0, 0.05) is 37.8 Å². The zero-order valence-electron chi connectivity index (χ0n) is 31.1. The van der Waals surface area contributed by atoms with Crippen LogP contribution in [0, 0.1) is 0 Å². The number of benzene rings is 2. The zero-order chi connectivity index (χ0) is 41.3. The van der Waals surface area contributed by atoms with E-state index in [1.807, 2.05) is 0 Å². The van der Waals surface area contributed by atoms with Gasteiger partial charge in [0.1, 0.15) is 48.3 Å². The Morgan fingerprint density at radius 2 is 1.84 bits per heavy atom. The first-order valence-corrected chi connectivity index (χ1v) is 18.8. The highest BCUT2D eigenvalue weighted by molar-refractivity contribution is 6.32. The Balaban J connectivity index is 0.865. The number of halogens is 1. The van der Waals surface area contributed by atoms with E-state index in [1.165, 1.54) is 24.5 Å². The average molecular weight is 823 g/mol. The zero-order valence-corrected chi connectivity index (χ0v) is 31.9. The maximum absolute atomic E-state index is 13.1. The number of fused-ring (bicyclic) bond motifs is 2. The van der Waals surface area contributed by atoms with Crippen molar-refractivity contribution in [3.05, 3.63) is 76.7 Å². The monoisotopic (exact) mass is 822 g/mol. The molecule has 0 radical (unpaired) electrons. The fraction of sp³-hybridized carbons (Fsp3) is 0.395. The van der Waals surface area contributed by atoms with Crippen molar-refractivity contribution in [2.75, 3.05) is 57.2 Å². The van der Waals surface area contributed by atoms with E-state index >= 15 is 0 Å². The first-order chi connectivity index (χ1) is 28.0. The number of nitrogens with zero attached hydrogens (tertiary/aromatic N) is 4. The van der Waals surface area contributed by atoms with Crippen LogP contribution in [0.2, 0.25) is 5.02 Å². The Kier molecular flexibility index (Phi) is 13.9. The number of imide groups is 1. The van der Waals surface area contributed by atoms with E-state index < -0.39 is 54.2 Å². The Morgan fingerprint density at radius 3 is 2.60 bits per heavy atom. The van der Waals surface area contributed by atoms with E-state index in [-0.39, 0.29) is 80.7 Å². The van der Waals surface area contributed by atoms with Gasteiger partial charge >= 0.3 is 0 Å². The van der Waals surface area contributed by atoms with Crippen LogP contribution in [0.25, 0.3) is 11.0 Å². The molecule has 1 unspecified atom stereocenters. The summed E-state index contributed by atoms with van der Waals surface area (Å²) in [5.41, 5.74) is 12.7. The van der Waals surface area contributed by atoms with Gasteiger partial charge in [0.25, 0.3) is 17.7 Å². The number of carbonyl (C=O) groups is 5. The van der Waals surface area contributed by atoms with Gasteiger partial charge in [0.15, 0.2) is 6.61 Å². The van der Waals surface area contributed by atoms with Crippen LogP contribution in [-0.4, -0.2) is 124 Å². The third-order valence-corrected chi connectivity index (χ3v) is 9.89. The number of ether oxygens (including phenoxy) is 4. The molecule has 58 heavy (non-hydrogen) atoms. The molecule has 6 rings (SSSR count). The fourth-order valence-electron chi connectivity index (χ4n) is 6.70. The summed E-state index contributed by atoms with van der Waals surface area (Å²) in [5, 5.41) is 28.6. The molecule has 2 aliphatic rings. The Morgan fingerprint density at radius 1 is 1.07 bits per heavy atom. The quantitative estimate of drug-likeness (QED) is 0.0390. The van der Waals surface area contributed by atoms with Gasteiger partial charge in [-0.25, -0.2) is 9.97 Å². The number of hydrogen-bond acceptors (Lipinski definition) is 15. The number of aldehydes is 1. The molecule has 0 aliphatic carbocycles. The normalized spacial score (nSPS) is 18.6. The van der Waals surface area contributed by atoms with Crippen molar-refractivity contribution in [2.24, 2.45) is 5.73 Å². The number of carbonyl (C=O) groups excluding carboxylic acids is 5. The smallest absolute Gasteiger partial charge is 0.264 e. The third kappa shape index (κ3) is 9.52. The molecule has 2 aromatic heterocycles. The highest BCUT2D eigenvalue weighted by Gasteiger charge is 2.42. The molecule has 19 nitrogen and oxygen atoms in total. The fourth-order valence-corrected chi connectivity index (χ4v) is 6.87. The Labute approximate surface area is 336 Å². The number of aromatic nitrogens is 3. The van der Waals surface area contributed by atoms with Gasteiger partial charge < -0.3 is 60.6 Å². The first-order valence-electron chi connectivity index (χ1n) is 18.4. The van der Waals surface area contributed by atoms with Crippen LogP contribution < -0.4 is 26.8 Å². The van der Waals surface area contributed by atoms with Crippen molar-refractivity contribution in [3.8, 4) is 5.75 Å². The molecule has 2 aromatic carbocycles. The molecule has 0 saturated carbocycles. The van der Waals surface area contributed by atoms with E-state index in [9.17, 15) is 34.2 Å². The molecule has 5 atom stereocenters. The van der Waals surface area contributed by atoms with Crippen molar-refractivity contribution in [3.63, 3.8) is 0 Å². The Hall–Kier alpha value is -5.70. The molecule has 308 valence electrons. The van der Waals surface area contributed by atoms with Crippen LogP contribution in [0.4, 0.5) is 11.5 Å². The van der Waals surface area contributed by atoms with E-state index in [4.69, 9.17) is 42.0 Å². The number of nitrogens with one attached hydrogen (secondary N) is 2. The van der Waals surface area contributed by atoms with Crippen molar-refractivity contribution < 1.29 is 53.1 Å². The number of rotatable bonds is 21. The number of hydrogen-bond donors (Lipinski definition) is 6. The molecule has 4 heterocycles. The number of amides is 4. The molecule has 1 saturated heterocycles. The van der Waals surface area contributed by atoms with Gasteiger partial charge in [-0.15, -0.1) is 0 Å². The average Bonchev–Trinajstić information content (AvgIpc) is 3.89. The van der Waals surface area contributed by atoms with E-state index in [2.05, 4.69) is 20.6 Å². The SMILES string of the molecule is NC(=O)CCC(C=O)N1C(=O)c2cccc(NCCOCCOCCNC(=O)COc3cc([C@@H](O)[C@H]4O[C@@H](n5ccc6c(N)ncnc65)C[C@@H]4O)ccc3Cl)c2C1=O. The summed E-state index contributed by atoms with van der Waals surface area (Å²) in [4.78, 5) is 70.4. The van der Waals surface area contributed by atoms with Gasteiger partial charge in [0.2, 0.25) is 5.91 Å². The summed E-state index contributed by atoms with van der Waals surface area (Å²) in [6.45, 7) is 1.06. The molecule has 1 fully saturated rings. The van der Waals surface area contributed by atoms with E-state index in [1.54, 1.807) is 35.0 Å². The third-order valence-electron chi connectivity index (χ3n) is 9.58. The van der Waals surface area contributed by atoms with Gasteiger partial charge in [-0.2, -0.15) is 0 Å². The van der Waals surface area contributed by atoms with Crippen LogP contribution >= 0.6 is 11.6 Å². The van der Waals surface area contributed by atoms with Gasteiger partial charge in [-0.1, -0.05) is 23.7 Å². The number of anilines is 2. The van der Waals surface area contributed by atoms with Crippen molar-refractivity contribution >= 4 is 64.1 Å². The van der Waals surface area contributed by atoms with E-state index in [0.717, 1.165) is 4.90 Å². The lowest BCUT2D eigenvalue weighted by atomic mass is 10.00. The summed E-state index contributed by atoms with van der Waals surface area (Å²) >= 11 is 6.31. The van der Waals surface area contributed by atoms with Crippen LogP contribution in [-0.2, 0) is 28.6 Å². The standard InChI is InChI=1S/C38H43ClN8O11/c39-25-6-4-21(33(52)34-27(49)17-31(58-34)46-11-8-24-35(41)44-20-45-36(24)46)16-28(25)57-19-30(51)43-10-13-56-15-14-55-12-9-42-26-3-1-2-23-32(26)38(54)47(37(23)53)22(18-48)5-7-29(40)50/h1-4,6,8,11,16,18,20,22,27,31,33-34,42,49,52H,5,7,9-10,12-15,17,19H2,(H2,40,50)(H,43,51)(H2,41,44,45)/t22?,27-,31+,33+,34-/m0/s1. The second-order valence-electron chi connectivity index (χ2n) is 13.4. The van der Waals surface area contributed by atoms with Crippen LogP contribution in [0.1, 0.15) is 57.9 Å². The van der Waals surface area contributed by atoms with Gasteiger partial charge in [0.05, 0.1) is 60.1 Å². The number of aliphatic hydroxyl groups is 2. The molecular formula is C38H43ClN8O11. The highest BCUT2D eigenvalue weighted by atomic mass is 35.5. The molecule has 4 aromatic rings. The number of primary amides is 1. The van der Waals surface area contributed by atoms with Crippen LogP contribution in [0.15, 0.2) is 55.0 Å². The van der Waals surface area contributed by atoms with E-state index in [0.29, 0.717) is 40.9 Å². The number of aliphatic hydroxyl groups excluding tert-OH is 2. The summed E-state index contributed by atoms with van der Waals surface area (Å²) in [7, 11) is 0. The number of nitrogens with two attached hydrogens (primary N) is 2. The minimum atomic E-state index is -1.24. The maximum atomic E-state index is 13.1. The Bertz CT molecular complexity index is 2150.